The number of ether oxygens (including phenoxy) is 1. The van der Waals surface area contributed by atoms with Crippen LogP contribution in [0, 0.1) is 5.92 Å². The van der Waals surface area contributed by atoms with Gasteiger partial charge < -0.3 is 15.2 Å². The molecular weight excluding hydrogens is 310 g/mol. The summed E-state index contributed by atoms with van der Waals surface area (Å²) < 4.78 is 5.23. The Balaban J connectivity index is 1.56. The van der Waals surface area contributed by atoms with E-state index >= 15 is 0 Å². The number of thiophene rings is 1. The van der Waals surface area contributed by atoms with Gasteiger partial charge in [-0.1, -0.05) is 12.1 Å². The maximum atomic E-state index is 12.3. The van der Waals surface area contributed by atoms with Crippen molar-refractivity contribution in [2.75, 3.05) is 13.7 Å². The van der Waals surface area contributed by atoms with E-state index in [0.29, 0.717) is 0 Å². The van der Waals surface area contributed by atoms with Gasteiger partial charge in [-0.3, -0.25) is 4.79 Å². The van der Waals surface area contributed by atoms with Crippen LogP contribution in [0.25, 0.3) is 0 Å². The lowest BCUT2D eigenvalue weighted by molar-refractivity contribution is -0.123. The Hall–Kier alpha value is -1.85. The topological polar surface area (TPSA) is 58.6 Å². The number of methoxy groups -OCH3 is 1. The third kappa shape index (κ3) is 3.57. The van der Waals surface area contributed by atoms with E-state index in [-0.39, 0.29) is 24.3 Å². The third-order valence-corrected chi connectivity index (χ3v) is 5.08. The van der Waals surface area contributed by atoms with Crippen molar-refractivity contribution >= 4 is 17.2 Å². The van der Waals surface area contributed by atoms with Crippen molar-refractivity contribution < 1.29 is 14.6 Å². The summed E-state index contributed by atoms with van der Waals surface area (Å²) in [5.74, 6) is 1.05. The summed E-state index contributed by atoms with van der Waals surface area (Å²) in [4.78, 5) is 12.3. The van der Waals surface area contributed by atoms with Gasteiger partial charge in [0.25, 0.3) is 0 Å². The summed E-state index contributed by atoms with van der Waals surface area (Å²) >= 11 is 1.54. The Labute approximate surface area is 140 Å². The highest BCUT2D eigenvalue weighted by molar-refractivity contribution is 7.08. The lowest BCUT2D eigenvalue weighted by Gasteiger charge is -2.22. The average Bonchev–Trinajstić information content (AvgIpc) is 3.16. The number of benzene rings is 1. The highest BCUT2D eigenvalue weighted by Gasteiger charge is 2.44. The van der Waals surface area contributed by atoms with Crippen molar-refractivity contribution in [1.29, 1.82) is 0 Å². The van der Waals surface area contributed by atoms with E-state index < -0.39 is 5.60 Å². The first-order chi connectivity index (χ1) is 11.0. The predicted molar refractivity (Wildman–Crippen MR) is 90.7 cm³/mol. The summed E-state index contributed by atoms with van der Waals surface area (Å²) in [7, 11) is 1.64. The van der Waals surface area contributed by atoms with Gasteiger partial charge in [0.05, 0.1) is 13.7 Å². The van der Waals surface area contributed by atoms with E-state index in [0.717, 1.165) is 23.3 Å². The van der Waals surface area contributed by atoms with E-state index in [9.17, 15) is 9.90 Å². The molecule has 2 N–H and O–H groups in total. The lowest BCUT2D eigenvalue weighted by Crippen LogP contribution is -2.39. The Morgan fingerprint density at radius 3 is 3.00 bits per heavy atom. The van der Waals surface area contributed by atoms with Crippen molar-refractivity contribution in [2.24, 2.45) is 5.92 Å². The molecule has 3 rings (SSSR count). The summed E-state index contributed by atoms with van der Waals surface area (Å²) in [6.07, 6.45) is 0.847. The van der Waals surface area contributed by atoms with Crippen LogP contribution < -0.4 is 10.1 Å². The summed E-state index contributed by atoms with van der Waals surface area (Å²) in [6.45, 7) is 1.95. The largest absolute Gasteiger partial charge is 0.497 e. The predicted octanol–water partition coefficient (Wildman–Crippen LogP) is 2.88. The summed E-state index contributed by atoms with van der Waals surface area (Å²) in [6, 6.07) is 9.75. The van der Waals surface area contributed by atoms with Gasteiger partial charge in [0, 0.05) is 5.92 Å². The molecule has 3 unspecified atom stereocenters. The van der Waals surface area contributed by atoms with Gasteiger partial charge >= 0.3 is 0 Å². The smallest absolute Gasteiger partial charge is 0.223 e. The van der Waals surface area contributed by atoms with Gasteiger partial charge in [0.1, 0.15) is 11.4 Å². The molecule has 4 nitrogen and oxygen atoms in total. The zero-order valence-electron chi connectivity index (χ0n) is 13.3. The molecule has 122 valence electrons. The Bertz CT molecular complexity index is 681. The number of rotatable bonds is 6. The van der Waals surface area contributed by atoms with Crippen LogP contribution in [0.3, 0.4) is 0 Å². The highest BCUT2D eigenvalue weighted by atomic mass is 32.1. The molecular formula is C18H21NO3S. The van der Waals surface area contributed by atoms with E-state index in [2.05, 4.69) is 5.32 Å². The molecule has 0 aliphatic heterocycles. The van der Waals surface area contributed by atoms with Gasteiger partial charge in [-0.15, -0.1) is 0 Å². The number of hydrogen-bond donors (Lipinski definition) is 2. The molecule has 1 amide bonds. The van der Waals surface area contributed by atoms with Crippen LogP contribution in [0.1, 0.15) is 30.4 Å². The molecule has 3 atom stereocenters. The number of nitrogens with one attached hydrogen (secondary N) is 1. The Morgan fingerprint density at radius 1 is 1.48 bits per heavy atom. The van der Waals surface area contributed by atoms with Crippen molar-refractivity contribution in [1.82, 2.24) is 5.32 Å². The quantitative estimate of drug-likeness (QED) is 0.856. The van der Waals surface area contributed by atoms with E-state index in [1.54, 1.807) is 14.0 Å². The van der Waals surface area contributed by atoms with Crippen molar-refractivity contribution in [2.45, 2.75) is 24.9 Å². The highest BCUT2D eigenvalue weighted by Crippen LogP contribution is 2.48. The first-order valence-corrected chi connectivity index (χ1v) is 8.62. The van der Waals surface area contributed by atoms with Crippen molar-refractivity contribution in [3.05, 3.63) is 52.2 Å². The van der Waals surface area contributed by atoms with E-state index in [4.69, 9.17) is 4.74 Å². The van der Waals surface area contributed by atoms with Crippen LogP contribution >= 0.6 is 11.3 Å². The van der Waals surface area contributed by atoms with E-state index in [1.165, 1.54) is 11.3 Å². The van der Waals surface area contributed by atoms with Gasteiger partial charge in [0.15, 0.2) is 0 Å². The second kappa shape index (κ2) is 6.34. The fourth-order valence-corrected chi connectivity index (χ4v) is 3.57. The number of amides is 1. The molecule has 1 aliphatic rings. The number of carbonyl (C=O) groups excluding carboxylic acids is 1. The minimum Gasteiger partial charge on any atom is -0.497 e. The summed E-state index contributed by atoms with van der Waals surface area (Å²) in [5.41, 5.74) is 0.938. The molecule has 0 saturated heterocycles. The molecule has 1 aliphatic carbocycles. The standard InChI is InChI=1S/C18H21NO3S/c1-18(21,13-6-7-23-10-13)11-19-17(20)16-9-15(16)12-4-3-5-14(8-12)22-2/h3-8,10,15-16,21H,9,11H2,1-2H3,(H,19,20). The van der Waals surface area contributed by atoms with Crippen LogP contribution in [0.2, 0.25) is 0 Å². The Kier molecular flexibility index (Phi) is 4.41. The van der Waals surface area contributed by atoms with Crippen LogP contribution in [0.15, 0.2) is 41.1 Å². The molecule has 2 aromatic rings. The molecule has 0 bridgehead atoms. The van der Waals surface area contributed by atoms with Gasteiger partial charge in [-0.05, 0) is 59.3 Å². The number of carbonyl (C=O) groups is 1. The van der Waals surface area contributed by atoms with Crippen molar-refractivity contribution in [3.8, 4) is 5.75 Å². The van der Waals surface area contributed by atoms with Crippen LogP contribution in [0.4, 0.5) is 0 Å². The molecule has 5 heteroatoms. The zero-order valence-corrected chi connectivity index (χ0v) is 14.1. The monoisotopic (exact) mass is 331 g/mol. The average molecular weight is 331 g/mol. The van der Waals surface area contributed by atoms with Gasteiger partial charge in [0.2, 0.25) is 5.91 Å². The van der Waals surface area contributed by atoms with Gasteiger partial charge in [-0.2, -0.15) is 11.3 Å². The maximum absolute atomic E-state index is 12.3. The van der Waals surface area contributed by atoms with E-state index in [1.807, 2.05) is 41.1 Å². The first kappa shape index (κ1) is 16.0. The fraction of sp³-hybridized carbons (Fsp3) is 0.389. The zero-order chi connectivity index (χ0) is 16.4. The molecule has 1 saturated carbocycles. The Morgan fingerprint density at radius 2 is 2.30 bits per heavy atom. The lowest BCUT2D eigenvalue weighted by atomic mass is 9.99. The molecule has 1 aromatic heterocycles. The van der Waals surface area contributed by atoms with Crippen molar-refractivity contribution in [3.63, 3.8) is 0 Å². The molecule has 23 heavy (non-hydrogen) atoms. The first-order valence-electron chi connectivity index (χ1n) is 7.68. The second-order valence-corrected chi connectivity index (χ2v) is 7.01. The van der Waals surface area contributed by atoms with Crippen LogP contribution in [-0.2, 0) is 10.4 Å². The molecule has 0 radical (unpaired) electrons. The molecule has 0 spiro atoms. The maximum Gasteiger partial charge on any atom is 0.223 e. The minimum absolute atomic E-state index is 0.00771. The molecule has 1 fully saturated rings. The summed E-state index contributed by atoms with van der Waals surface area (Å²) in [5, 5.41) is 17.2. The van der Waals surface area contributed by atoms with Crippen LogP contribution in [0.5, 0.6) is 5.75 Å². The SMILES string of the molecule is COc1cccc(C2CC2C(=O)NCC(C)(O)c2ccsc2)c1. The molecule has 1 heterocycles. The number of hydrogen-bond acceptors (Lipinski definition) is 4. The normalized spacial score (nSPS) is 22.2. The molecule has 1 aromatic carbocycles. The second-order valence-electron chi connectivity index (χ2n) is 6.23. The van der Waals surface area contributed by atoms with Crippen LogP contribution in [-0.4, -0.2) is 24.7 Å². The minimum atomic E-state index is -1.03. The fourth-order valence-electron chi connectivity index (χ4n) is 2.79. The third-order valence-electron chi connectivity index (χ3n) is 4.40. The van der Waals surface area contributed by atoms with Gasteiger partial charge in [-0.25, -0.2) is 0 Å². The number of aliphatic hydroxyl groups is 1.